The summed E-state index contributed by atoms with van der Waals surface area (Å²) >= 11 is -1.12. The van der Waals surface area contributed by atoms with E-state index < -0.39 is 26.3 Å². The standard InChI is InChI=1S/C18H13AsNO4/c21-14(22)10-19-18(24)16-17(23)13-9-5-4-8-12(13)15(20-16)11-6-2-1-3-7-11/h1-9,23H,10H2,(H,21,22). The van der Waals surface area contributed by atoms with Gasteiger partial charge in [-0.2, -0.15) is 0 Å². The molecule has 2 N–H and O–H groups in total. The van der Waals surface area contributed by atoms with E-state index in [-0.39, 0.29) is 16.7 Å². The van der Waals surface area contributed by atoms with Crippen molar-refractivity contribution >= 4 is 37.1 Å². The number of carboxylic acid groups (broad SMARTS) is 1. The van der Waals surface area contributed by atoms with E-state index in [0.717, 1.165) is 10.9 Å². The molecule has 0 amide bonds. The third-order valence-corrected chi connectivity index (χ3v) is 5.44. The third-order valence-electron chi connectivity index (χ3n) is 3.49. The van der Waals surface area contributed by atoms with E-state index in [9.17, 15) is 14.7 Å². The summed E-state index contributed by atoms with van der Waals surface area (Å²) in [6.45, 7) is 0. The van der Waals surface area contributed by atoms with Gasteiger partial charge in [-0.05, 0) is 0 Å². The average Bonchev–Trinajstić information content (AvgIpc) is 2.61. The molecule has 0 aliphatic rings. The first-order valence-corrected chi connectivity index (χ1v) is 9.45. The molecule has 24 heavy (non-hydrogen) atoms. The van der Waals surface area contributed by atoms with Gasteiger partial charge < -0.3 is 0 Å². The van der Waals surface area contributed by atoms with E-state index >= 15 is 0 Å². The predicted octanol–water partition coefficient (Wildman–Crippen LogP) is 2.95. The maximum atomic E-state index is 12.4. The van der Waals surface area contributed by atoms with Crippen molar-refractivity contribution in [2.24, 2.45) is 0 Å². The van der Waals surface area contributed by atoms with Crippen LogP contribution in [0.4, 0.5) is 0 Å². The fourth-order valence-electron chi connectivity index (χ4n) is 2.43. The number of carbonyl (C=O) groups is 2. The molecule has 0 saturated heterocycles. The van der Waals surface area contributed by atoms with Gasteiger partial charge in [0.15, 0.2) is 0 Å². The van der Waals surface area contributed by atoms with E-state index in [1.54, 1.807) is 12.1 Å². The monoisotopic (exact) mass is 382 g/mol. The van der Waals surface area contributed by atoms with Crippen LogP contribution in [-0.2, 0) is 4.79 Å². The predicted molar refractivity (Wildman–Crippen MR) is 91.4 cm³/mol. The minimum atomic E-state index is -1.12. The van der Waals surface area contributed by atoms with Crippen LogP contribution in [0.25, 0.3) is 22.0 Å². The first kappa shape index (κ1) is 16.2. The molecule has 0 atom stereocenters. The van der Waals surface area contributed by atoms with Crippen molar-refractivity contribution in [3.8, 4) is 17.0 Å². The number of aliphatic carboxylic acids is 1. The molecule has 3 aromatic rings. The molecule has 0 aliphatic heterocycles. The summed E-state index contributed by atoms with van der Waals surface area (Å²) in [7, 11) is 0. The maximum absolute atomic E-state index is 12.4. The van der Waals surface area contributed by atoms with E-state index in [1.807, 2.05) is 42.5 Å². The average molecular weight is 382 g/mol. The minimum absolute atomic E-state index is 0.0474. The summed E-state index contributed by atoms with van der Waals surface area (Å²) in [5.41, 5.74) is 1.38. The number of fused-ring (bicyclic) bond motifs is 1. The molecule has 1 heterocycles. The Morgan fingerprint density at radius 2 is 1.58 bits per heavy atom. The van der Waals surface area contributed by atoms with Crippen LogP contribution in [0, 0.1) is 0 Å². The van der Waals surface area contributed by atoms with Gasteiger partial charge in [-0.3, -0.25) is 0 Å². The number of carbonyl (C=O) groups excluding carboxylic acids is 1. The molecule has 1 radical (unpaired) electrons. The molecular formula is C18H13AsNO4. The van der Waals surface area contributed by atoms with Gasteiger partial charge in [0.25, 0.3) is 0 Å². The van der Waals surface area contributed by atoms with Gasteiger partial charge in [0.2, 0.25) is 0 Å². The molecule has 3 rings (SSSR count). The van der Waals surface area contributed by atoms with Crippen molar-refractivity contribution in [2.45, 2.75) is 5.21 Å². The molecule has 0 unspecified atom stereocenters. The van der Waals surface area contributed by atoms with Crippen LogP contribution in [0.15, 0.2) is 54.6 Å². The summed E-state index contributed by atoms with van der Waals surface area (Å²) < 4.78 is -0.394. The second kappa shape index (κ2) is 6.85. The fraction of sp³-hybridized carbons (Fsp3) is 0.0556. The second-order valence-electron chi connectivity index (χ2n) is 5.08. The zero-order chi connectivity index (χ0) is 17.1. The van der Waals surface area contributed by atoms with Crippen LogP contribution < -0.4 is 0 Å². The number of benzene rings is 2. The molecule has 2 aromatic carbocycles. The Morgan fingerprint density at radius 1 is 0.958 bits per heavy atom. The van der Waals surface area contributed by atoms with Crippen molar-refractivity contribution in [1.82, 2.24) is 4.98 Å². The molecule has 1 aromatic heterocycles. The van der Waals surface area contributed by atoms with Gasteiger partial charge in [0.05, 0.1) is 0 Å². The summed E-state index contributed by atoms with van der Waals surface area (Å²) in [6.07, 6.45) is 0. The van der Waals surface area contributed by atoms with E-state index in [4.69, 9.17) is 5.11 Å². The van der Waals surface area contributed by atoms with E-state index in [2.05, 4.69) is 4.98 Å². The molecule has 0 spiro atoms. The Labute approximate surface area is 144 Å². The van der Waals surface area contributed by atoms with Crippen molar-refractivity contribution in [2.75, 3.05) is 0 Å². The number of nitrogens with zero attached hydrogens (tertiary/aromatic N) is 1. The van der Waals surface area contributed by atoms with Gasteiger partial charge in [0.1, 0.15) is 0 Å². The third kappa shape index (κ3) is 3.17. The SMILES string of the molecule is O=C(O)C[As]C(=O)c1nc(-c2ccccc2)c2ccccc2c1O. The summed E-state index contributed by atoms with van der Waals surface area (Å²) in [6, 6.07) is 16.6. The molecule has 0 aliphatic carbocycles. The molecular weight excluding hydrogens is 369 g/mol. The Hall–Kier alpha value is -2.65. The van der Waals surface area contributed by atoms with Gasteiger partial charge in [-0.1, -0.05) is 0 Å². The summed E-state index contributed by atoms with van der Waals surface area (Å²) in [4.78, 5) is 27.4. The number of carboxylic acids is 1. The fourth-order valence-corrected chi connectivity index (χ4v) is 3.65. The molecule has 0 saturated carbocycles. The zero-order valence-electron chi connectivity index (χ0n) is 12.5. The van der Waals surface area contributed by atoms with Crippen LogP contribution in [0.5, 0.6) is 5.75 Å². The normalized spacial score (nSPS) is 11.2. The van der Waals surface area contributed by atoms with Gasteiger partial charge >= 0.3 is 144 Å². The molecule has 0 bridgehead atoms. The summed E-state index contributed by atoms with van der Waals surface area (Å²) in [5, 5.41) is 20.3. The molecule has 119 valence electrons. The molecule has 5 nitrogen and oxygen atoms in total. The van der Waals surface area contributed by atoms with Gasteiger partial charge in [-0.15, -0.1) is 0 Å². The Morgan fingerprint density at radius 3 is 2.25 bits per heavy atom. The van der Waals surface area contributed by atoms with Gasteiger partial charge in [0, 0.05) is 0 Å². The number of aromatic hydroxyl groups is 1. The number of hydrogen-bond donors (Lipinski definition) is 2. The Bertz CT molecular complexity index is 925. The van der Waals surface area contributed by atoms with Crippen LogP contribution >= 0.6 is 0 Å². The Balaban J connectivity index is 2.19. The van der Waals surface area contributed by atoms with Crippen molar-refractivity contribution in [3.63, 3.8) is 0 Å². The number of rotatable bonds is 5. The quantitative estimate of drug-likeness (QED) is 0.663. The van der Waals surface area contributed by atoms with Crippen molar-refractivity contribution < 1.29 is 19.8 Å². The number of pyridine rings is 1. The first-order chi connectivity index (χ1) is 11.6. The Kier molecular flexibility index (Phi) is 4.63. The topological polar surface area (TPSA) is 87.5 Å². The van der Waals surface area contributed by atoms with Crippen LogP contribution in [0.2, 0.25) is 5.21 Å². The van der Waals surface area contributed by atoms with E-state index in [0.29, 0.717) is 11.1 Å². The summed E-state index contributed by atoms with van der Waals surface area (Å²) in [5.74, 6) is -1.21. The van der Waals surface area contributed by atoms with Crippen LogP contribution in [0.1, 0.15) is 10.5 Å². The zero-order valence-corrected chi connectivity index (χ0v) is 14.4. The number of hydrogen-bond acceptors (Lipinski definition) is 4. The van der Waals surface area contributed by atoms with Crippen LogP contribution in [-0.4, -0.2) is 41.5 Å². The first-order valence-electron chi connectivity index (χ1n) is 7.18. The second-order valence-corrected chi connectivity index (χ2v) is 7.26. The van der Waals surface area contributed by atoms with Crippen molar-refractivity contribution in [1.29, 1.82) is 0 Å². The van der Waals surface area contributed by atoms with Crippen molar-refractivity contribution in [3.05, 3.63) is 60.3 Å². The number of aromatic nitrogens is 1. The van der Waals surface area contributed by atoms with Crippen LogP contribution in [0.3, 0.4) is 0 Å². The van der Waals surface area contributed by atoms with Gasteiger partial charge in [-0.25, -0.2) is 0 Å². The van der Waals surface area contributed by atoms with E-state index in [1.165, 1.54) is 0 Å². The molecule has 6 heteroatoms. The molecule has 0 fully saturated rings.